The van der Waals surface area contributed by atoms with Crippen LogP contribution in [0.5, 0.6) is 0 Å². The van der Waals surface area contributed by atoms with Gasteiger partial charge in [-0.15, -0.1) is 0 Å². The second-order valence-electron chi connectivity index (χ2n) is 4.85. The lowest BCUT2D eigenvalue weighted by Crippen LogP contribution is -2.37. The monoisotopic (exact) mass is 252 g/mol. The summed E-state index contributed by atoms with van der Waals surface area (Å²) in [6.07, 6.45) is 2.66. The summed E-state index contributed by atoms with van der Waals surface area (Å²) in [6, 6.07) is 0.132. The number of rotatable bonds is 6. The first-order chi connectivity index (χ1) is 8.41. The van der Waals surface area contributed by atoms with E-state index in [0.29, 0.717) is 11.7 Å². The lowest BCUT2D eigenvalue weighted by Gasteiger charge is -2.26. The van der Waals surface area contributed by atoms with Gasteiger partial charge in [-0.1, -0.05) is 13.8 Å². The van der Waals surface area contributed by atoms with E-state index in [0.717, 1.165) is 6.54 Å². The van der Waals surface area contributed by atoms with Crippen molar-refractivity contribution in [1.82, 2.24) is 14.9 Å². The summed E-state index contributed by atoms with van der Waals surface area (Å²) in [4.78, 5) is 20.9. The Morgan fingerprint density at radius 3 is 2.67 bits per heavy atom. The fourth-order valence-corrected chi connectivity index (χ4v) is 1.59. The summed E-state index contributed by atoms with van der Waals surface area (Å²) in [5.41, 5.74) is 0.0990. The van der Waals surface area contributed by atoms with E-state index >= 15 is 0 Å². The Morgan fingerprint density at radius 2 is 2.17 bits per heavy atom. The molecule has 0 saturated heterocycles. The molecule has 0 aliphatic rings. The van der Waals surface area contributed by atoms with Gasteiger partial charge >= 0.3 is 5.97 Å². The third-order valence-corrected chi connectivity index (χ3v) is 2.63. The van der Waals surface area contributed by atoms with Crippen LogP contribution in [0.4, 0.5) is 5.82 Å². The predicted molar refractivity (Wildman–Crippen MR) is 69.8 cm³/mol. The SMILES string of the molecule is CC(C)C(CN(C)C)Nc1ncncc1C(=O)O. The average molecular weight is 252 g/mol. The van der Waals surface area contributed by atoms with Crippen molar-refractivity contribution in [3.63, 3.8) is 0 Å². The quantitative estimate of drug-likeness (QED) is 0.791. The maximum absolute atomic E-state index is 11.1. The molecule has 1 unspecified atom stereocenters. The van der Waals surface area contributed by atoms with Crippen LogP contribution < -0.4 is 5.32 Å². The normalized spacial score (nSPS) is 12.8. The van der Waals surface area contributed by atoms with Crippen molar-refractivity contribution in [1.29, 1.82) is 0 Å². The molecular formula is C12H20N4O2. The van der Waals surface area contributed by atoms with Crippen molar-refractivity contribution >= 4 is 11.8 Å². The van der Waals surface area contributed by atoms with Crippen molar-refractivity contribution < 1.29 is 9.90 Å². The second kappa shape index (κ2) is 6.30. The molecule has 6 nitrogen and oxygen atoms in total. The molecule has 1 atom stereocenters. The van der Waals surface area contributed by atoms with E-state index < -0.39 is 5.97 Å². The minimum Gasteiger partial charge on any atom is -0.477 e. The van der Waals surface area contributed by atoms with Gasteiger partial charge in [-0.25, -0.2) is 14.8 Å². The van der Waals surface area contributed by atoms with Crippen molar-refractivity contribution in [3.05, 3.63) is 18.1 Å². The number of aromatic nitrogens is 2. The Labute approximate surface area is 107 Å². The molecular weight excluding hydrogens is 232 g/mol. The molecule has 0 aliphatic carbocycles. The molecule has 2 N–H and O–H groups in total. The van der Waals surface area contributed by atoms with Crippen LogP contribution in [0.3, 0.4) is 0 Å². The standard InChI is InChI=1S/C12H20N4O2/c1-8(2)10(6-16(3)4)15-11-9(12(17)18)5-13-7-14-11/h5,7-8,10H,6H2,1-4H3,(H,17,18)(H,13,14,15). The highest BCUT2D eigenvalue weighted by molar-refractivity contribution is 5.92. The number of likely N-dealkylation sites (N-methyl/N-ethyl adjacent to an activating group) is 1. The van der Waals surface area contributed by atoms with Gasteiger partial charge in [-0.05, 0) is 20.0 Å². The highest BCUT2D eigenvalue weighted by Crippen LogP contribution is 2.15. The topological polar surface area (TPSA) is 78.3 Å². The summed E-state index contributed by atoms with van der Waals surface area (Å²) in [5, 5.41) is 12.3. The van der Waals surface area contributed by atoms with Crippen molar-refractivity contribution in [2.75, 3.05) is 26.0 Å². The van der Waals surface area contributed by atoms with Gasteiger partial charge in [-0.2, -0.15) is 0 Å². The van der Waals surface area contributed by atoms with Gasteiger partial charge in [-0.3, -0.25) is 0 Å². The van der Waals surface area contributed by atoms with Gasteiger partial charge in [0.2, 0.25) is 0 Å². The Hall–Kier alpha value is -1.69. The zero-order valence-corrected chi connectivity index (χ0v) is 11.2. The van der Waals surface area contributed by atoms with Crippen LogP contribution in [-0.2, 0) is 0 Å². The zero-order chi connectivity index (χ0) is 13.7. The van der Waals surface area contributed by atoms with E-state index in [1.54, 1.807) is 0 Å². The van der Waals surface area contributed by atoms with Crippen LogP contribution in [0.15, 0.2) is 12.5 Å². The molecule has 0 saturated carbocycles. The van der Waals surface area contributed by atoms with Gasteiger partial charge in [0, 0.05) is 18.8 Å². The third-order valence-electron chi connectivity index (χ3n) is 2.63. The Morgan fingerprint density at radius 1 is 1.50 bits per heavy atom. The highest BCUT2D eigenvalue weighted by atomic mass is 16.4. The van der Waals surface area contributed by atoms with Crippen LogP contribution in [0, 0.1) is 5.92 Å². The molecule has 6 heteroatoms. The number of carbonyl (C=O) groups is 1. The summed E-state index contributed by atoms with van der Waals surface area (Å²) >= 11 is 0. The molecule has 0 fully saturated rings. The predicted octanol–water partition coefficient (Wildman–Crippen LogP) is 1.17. The van der Waals surface area contributed by atoms with Crippen LogP contribution >= 0.6 is 0 Å². The molecule has 1 aromatic heterocycles. The molecule has 1 aromatic rings. The minimum absolute atomic E-state index is 0.0990. The van der Waals surface area contributed by atoms with E-state index in [4.69, 9.17) is 5.11 Å². The highest BCUT2D eigenvalue weighted by Gasteiger charge is 2.18. The number of carboxylic acids is 1. The lowest BCUT2D eigenvalue weighted by molar-refractivity contribution is 0.0697. The van der Waals surface area contributed by atoms with Crippen LogP contribution in [0.2, 0.25) is 0 Å². The average Bonchev–Trinajstić information content (AvgIpc) is 2.27. The van der Waals surface area contributed by atoms with Crippen LogP contribution in [0.1, 0.15) is 24.2 Å². The number of anilines is 1. The van der Waals surface area contributed by atoms with E-state index in [9.17, 15) is 4.79 Å². The van der Waals surface area contributed by atoms with Gasteiger partial charge in [0.05, 0.1) is 0 Å². The fourth-order valence-electron chi connectivity index (χ4n) is 1.59. The van der Waals surface area contributed by atoms with Gasteiger partial charge < -0.3 is 15.3 Å². The van der Waals surface area contributed by atoms with Crippen LogP contribution in [-0.4, -0.2) is 52.6 Å². The molecule has 0 bridgehead atoms. The first-order valence-electron chi connectivity index (χ1n) is 5.86. The Kier molecular flexibility index (Phi) is 5.03. The molecule has 1 rings (SSSR count). The molecule has 0 spiro atoms. The molecule has 18 heavy (non-hydrogen) atoms. The van der Waals surface area contributed by atoms with Gasteiger partial charge in [0.25, 0.3) is 0 Å². The molecule has 0 aliphatic heterocycles. The van der Waals surface area contributed by atoms with Crippen molar-refractivity contribution in [2.45, 2.75) is 19.9 Å². The second-order valence-corrected chi connectivity index (χ2v) is 4.85. The first kappa shape index (κ1) is 14.4. The third kappa shape index (κ3) is 3.96. The fraction of sp³-hybridized carbons (Fsp3) is 0.583. The molecule has 0 aromatic carbocycles. The molecule has 1 heterocycles. The molecule has 0 amide bonds. The Bertz CT molecular complexity index is 407. The van der Waals surface area contributed by atoms with Crippen molar-refractivity contribution in [3.8, 4) is 0 Å². The van der Waals surface area contributed by atoms with Crippen molar-refractivity contribution in [2.24, 2.45) is 5.92 Å². The summed E-state index contributed by atoms with van der Waals surface area (Å²) in [7, 11) is 3.96. The zero-order valence-electron chi connectivity index (χ0n) is 11.2. The van der Waals surface area contributed by atoms with E-state index in [1.807, 2.05) is 14.1 Å². The minimum atomic E-state index is -1.02. The van der Waals surface area contributed by atoms with E-state index in [1.165, 1.54) is 12.5 Å². The first-order valence-corrected chi connectivity index (χ1v) is 5.86. The van der Waals surface area contributed by atoms with Crippen LogP contribution in [0.25, 0.3) is 0 Å². The largest absolute Gasteiger partial charge is 0.477 e. The summed E-state index contributed by atoms with van der Waals surface area (Å²) < 4.78 is 0. The number of nitrogens with one attached hydrogen (secondary N) is 1. The molecule has 0 radical (unpaired) electrons. The molecule has 100 valence electrons. The van der Waals surface area contributed by atoms with Gasteiger partial charge in [0.15, 0.2) is 0 Å². The maximum Gasteiger partial charge on any atom is 0.341 e. The number of hydrogen-bond acceptors (Lipinski definition) is 5. The number of hydrogen-bond donors (Lipinski definition) is 2. The summed E-state index contributed by atoms with van der Waals surface area (Å²) in [5.74, 6) is -0.285. The van der Waals surface area contributed by atoms with Gasteiger partial charge in [0.1, 0.15) is 17.7 Å². The number of aromatic carboxylic acids is 1. The lowest BCUT2D eigenvalue weighted by atomic mass is 10.0. The van der Waals surface area contributed by atoms with E-state index in [2.05, 4.69) is 34.0 Å². The Balaban J connectivity index is 2.90. The summed E-state index contributed by atoms with van der Waals surface area (Å²) in [6.45, 7) is 4.98. The maximum atomic E-state index is 11.1. The van der Waals surface area contributed by atoms with E-state index in [-0.39, 0.29) is 11.6 Å². The smallest absolute Gasteiger partial charge is 0.341 e. The number of nitrogens with zero attached hydrogens (tertiary/aromatic N) is 3. The number of carboxylic acid groups (broad SMARTS) is 1.